The first-order valence-corrected chi connectivity index (χ1v) is 20.3. The van der Waals surface area contributed by atoms with E-state index in [4.69, 9.17) is 9.52 Å². The molecule has 4 nitrogen and oxygen atoms in total. The molecule has 3 heterocycles. The molecule has 3 aromatic heterocycles. The maximum Gasteiger partial charge on any atom is 0.160 e. The second kappa shape index (κ2) is 12.9. The van der Waals surface area contributed by atoms with Gasteiger partial charge in [-0.3, -0.25) is 4.68 Å². The number of benzene rings is 8. The fourth-order valence-electron chi connectivity index (χ4n) is 8.44. The van der Waals surface area contributed by atoms with Crippen molar-refractivity contribution in [2.75, 3.05) is 0 Å². The van der Waals surface area contributed by atoms with Gasteiger partial charge in [0, 0.05) is 38.2 Å². The van der Waals surface area contributed by atoms with Crippen LogP contribution in [0.3, 0.4) is 0 Å². The number of furan rings is 1. The highest BCUT2D eigenvalue weighted by Gasteiger charge is 2.24. The Morgan fingerprint density at radius 3 is 1.93 bits per heavy atom. The zero-order valence-electron chi connectivity index (χ0n) is 29.9. The van der Waals surface area contributed by atoms with Crippen LogP contribution < -0.4 is 15.6 Å². The minimum Gasteiger partial charge on any atom is -0.454 e. The van der Waals surface area contributed by atoms with Crippen LogP contribution in [0.5, 0.6) is 0 Å². The molecule has 11 aromatic rings. The molecule has 11 rings (SSSR count). The van der Waals surface area contributed by atoms with Gasteiger partial charge in [-0.15, -0.1) is 0 Å². The van der Waals surface area contributed by atoms with Crippen LogP contribution in [0, 0.1) is 0 Å². The summed E-state index contributed by atoms with van der Waals surface area (Å²) in [6.07, 6.45) is 0. The summed E-state index contributed by atoms with van der Waals surface area (Å²) in [6.45, 7) is 0.641. The van der Waals surface area contributed by atoms with Gasteiger partial charge in [0.25, 0.3) is 0 Å². The third kappa shape index (κ3) is 5.23. The molecule has 0 aliphatic carbocycles. The molecule has 0 saturated heterocycles. The van der Waals surface area contributed by atoms with Crippen molar-refractivity contribution in [1.29, 1.82) is 0 Å². The Morgan fingerprint density at radius 1 is 0.473 bits per heavy atom. The van der Waals surface area contributed by atoms with Crippen molar-refractivity contribution >= 4 is 79.0 Å². The summed E-state index contributed by atoms with van der Waals surface area (Å²) in [5, 5.41) is 15.1. The summed E-state index contributed by atoms with van der Waals surface area (Å²) < 4.78 is 11.3. The normalized spacial score (nSPS) is 11.9. The van der Waals surface area contributed by atoms with Gasteiger partial charge in [-0.1, -0.05) is 168 Å². The maximum atomic E-state index is 6.76. The molecule has 0 aliphatic heterocycles. The van der Waals surface area contributed by atoms with Crippen LogP contribution in [0.2, 0.25) is 0 Å². The van der Waals surface area contributed by atoms with E-state index >= 15 is 0 Å². The molecule has 0 amide bonds. The number of fused-ring (bicyclic) bond motifs is 8. The SMILES string of the molecule is c1ccc(-c2nn(Cc3cccc(-n4c5ccc([Si](c6ccccc6)c6ccccc6)cc5c5ccc6c7ccccc7oc6c54)c3)c3ccccc23)cc1. The summed E-state index contributed by atoms with van der Waals surface area (Å²) in [5.41, 5.74) is 9.55. The van der Waals surface area contributed by atoms with Gasteiger partial charge in [-0.2, -0.15) is 5.10 Å². The minimum atomic E-state index is -1.27. The molecule has 0 unspecified atom stereocenters. The molecule has 0 aliphatic rings. The molecule has 5 heteroatoms. The van der Waals surface area contributed by atoms with Crippen molar-refractivity contribution in [2.24, 2.45) is 0 Å². The predicted octanol–water partition coefficient (Wildman–Crippen LogP) is 10.3. The molecule has 0 N–H and O–H groups in total. The number of hydrogen-bond acceptors (Lipinski definition) is 2. The van der Waals surface area contributed by atoms with Gasteiger partial charge < -0.3 is 8.98 Å². The highest BCUT2D eigenvalue weighted by molar-refractivity contribution is 6.95. The second-order valence-corrected chi connectivity index (χ2v) is 16.7. The van der Waals surface area contributed by atoms with Crippen LogP contribution in [0.15, 0.2) is 199 Å². The average Bonchev–Trinajstić information content (AvgIpc) is 3.92. The zero-order chi connectivity index (χ0) is 36.3. The maximum absolute atomic E-state index is 6.76. The lowest BCUT2D eigenvalue weighted by molar-refractivity contribution is 0.671. The van der Waals surface area contributed by atoms with E-state index in [-0.39, 0.29) is 0 Å². The van der Waals surface area contributed by atoms with Crippen LogP contribution in [0.1, 0.15) is 5.56 Å². The highest BCUT2D eigenvalue weighted by Crippen LogP contribution is 2.40. The van der Waals surface area contributed by atoms with Gasteiger partial charge in [-0.25, -0.2) is 0 Å². The molecule has 0 saturated carbocycles. The number of para-hydroxylation sites is 2. The standard InChI is InChI=1S/C50H34N3OSi/c1-4-16-35(17-5-1)48-43-24-10-12-25-45(43)52(51-48)33-34-15-14-18-36(31-34)53-46-30-27-39(55(37-19-6-2-7-20-37)38-21-8-3-9-22-38)32-44(46)41-28-29-42-40-23-11-13-26-47(40)54-50(42)49(41)53/h1-32H,33H2. The monoisotopic (exact) mass is 720 g/mol. The van der Waals surface area contributed by atoms with Gasteiger partial charge in [0.15, 0.2) is 14.4 Å². The molecule has 0 bridgehead atoms. The van der Waals surface area contributed by atoms with E-state index in [1.54, 1.807) is 0 Å². The first-order valence-electron chi connectivity index (χ1n) is 18.8. The second-order valence-electron chi connectivity index (χ2n) is 14.2. The first kappa shape index (κ1) is 31.6. The third-order valence-electron chi connectivity index (χ3n) is 10.9. The minimum absolute atomic E-state index is 0.641. The number of rotatable bonds is 7. The van der Waals surface area contributed by atoms with Crippen molar-refractivity contribution in [3.05, 3.63) is 200 Å². The smallest absolute Gasteiger partial charge is 0.160 e. The van der Waals surface area contributed by atoms with Crippen molar-refractivity contribution in [2.45, 2.75) is 6.54 Å². The van der Waals surface area contributed by atoms with E-state index in [1.165, 1.54) is 31.9 Å². The Morgan fingerprint density at radius 2 is 1.15 bits per heavy atom. The van der Waals surface area contributed by atoms with Gasteiger partial charge >= 0.3 is 0 Å². The molecule has 0 spiro atoms. The Balaban J connectivity index is 1.12. The molecule has 0 fully saturated rings. The zero-order valence-corrected chi connectivity index (χ0v) is 30.9. The van der Waals surface area contributed by atoms with E-state index < -0.39 is 8.80 Å². The third-order valence-corrected chi connectivity index (χ3v) is 13.6. The summed E-state index contributed by atoms with van der Waals surface area (Å²) in [4.78, 5) is 0. The Hall–Kier alpha value is -6.95. The molecular formula is C50H34N3OSi. The van der Waals surface area contributed by atoms with E-state index in [9.17, 15) is 0 Å². The number of aromatic nitrogens is 3. The number of hydrogen-bond donors (Lipinski definition) is 0. The van der Waals surface area contributed by atoms with Crippen LogP contribution >= 0.6 is 0 Å². The number of nitrogens with zero attached hydrogens (tertiary/aromatic N) is 3. The van der Waals surface area contributed by atoms with Gasteiger partial charge in [0.05, 0.1) is 23.1 Å². The fourth-order valence-corrected chi connectivity index (χ4v) is 11.0. The Kier molecular flexibility index (Phi) is 7.38. The largest absolute Gasteiger partial charge is 0.454 e. The lowest BCUT2D eigenvalue weighted by Gasteiger charge is -2.17. The fraction of sp³-hybridized carbons (Fsp3) is 0.0200. The van der Waals surface area contributed by atoms with Crippen LogP contribution in [0.25, 0.3) is 71.6 Å². The molecule has 0 atom stereocenters. The van der Waals surface area contributed by atoms with Gasteiger partial charge in [-0.05, 0) is 47.1 Å². The van der Waals surface area contributed by atoms with E-state index in [0.717, 1.165) is 60.8 Å². The molecule has 55 heavy (non-hydrogen) atoms. The quantitative estimate of drug-likeness (QED) is 0.121. The highest BCUT2D eigenvalue weighted by atomic mass is 28.3. The lowest BCUT2D eigenvalue weighted by atomic mass is 10.1. The first-order chi connectivity index (χ1) is 27.3. The topological polar surface area (TPSA) is 35.9 Å². The van der Waals surface area contributed by atoms with Crippen molar-refractivity contribution < 1.29 is 4.42 Å². The van der Waals surface area contributed by atoms with Gasteiger partial charge in [0.1, 0.15) is 11.3 Å². The van der Waals surface area contributed by atoms with E-state index in [2.05, 4.69) is 197 Å². The molecule has 8 aromatic carbocycles. The van der Waals surface area contributed by atoms with Gasteiger partial charge in [0.2, 0.25) is 0 Å². The lowest BCUT2D eigenvalue weighted by Crippen LogP contribution is -2.51. The average molecular weight is 721 g/mol. The summed E-state index contributed by atoms with van der Waals surface area (Å²) >= 11 is 0. The summed E-state index contributed by atoms with van der Waals surface area (Å²) in [6, 6.07) is 69.9. The van der Waals surface area contributed by atoms with Crippen molar-refractivity contribution in [3.8, 4) is 16.9 Å². The Bertz CT molecular complexity index is 3140. The van der Waals surface area contributed by atoms with E-state index in [1.807, 2.05) is 6.07 Å². The van der Waals surface area contributed by atoms with Crippen LogP contribution in [-0.4, -0.2) is 23.1 Å². The summed E-state index contributed by atoms with van der Waals surface area (Å²) in [5.74, 6) is 0. The van der Waals surface area contributed by atoms with E-state index in [0.29, 0.717) is 6.54 Å². The molecule has 259 valence electrons. The molecular weight excluding hydrogens is 687 g/mol. The molecule has 1 radical (unpaired) electrons. The van der Waals surface area contributed by atoms with Crippen LogP contribution in [0.4, 0.5) is 0 Å². The van der Waals surface area contributed by atoms with Crippen LogP contribution in [-0.2, 0) is 6.54 Å². The van der Waals surface area contributed by atoms with Crippen molar-refractivity contribution in [3.63, 3.8) is 0 Å². The van der Waals surface area contributed by atoms with Crippen molar-refractivity contribution in [1.82, 2.24) is 14.3 Å². The Labute approximate surface area is 319 Å². The predicted molar refractivity (Wildman–Crippen MR) is 230 cm³/mol. The summed E-state index contributed by atoms with van der Waals surface area (Å²) in [7, 11) is -1.27.